The molecule has 0 saturated heterocycles. The standard InChI is InChI=1S/C14H22OS/c1-14(2,3)9-10-15-11-12-16-13-7-5-4-6-8-13/h4-8H,9-12H2,1-3H3. The van der Waals surface area contributed by atoms with Gasteiger partial charge in [0, 0.05) is 17.3 Å². The molecular formula is C14H22OS. The number of rotatable bonds is 6. The van der Waals surface area contributed by atoms with Gasteiger partial charge in [-0.3, -0.25) is 0 Å². The van der Waals surface area contributed by atoms with Crippen molar-refractivity contribution in [2.24, 2.45) is 5.41 Å². The van der Waals surface area contributed by atoms with Crippen molar-refractivity contribution in [3.63, 3.8) is 0 Å². The lowest BCUT2D eigenvalue weighted by atomic mass is 9.93. The summed E-state index contributed by atoms with van der Waals surface area (Å²) < 4.78 is 5.61. The first-order valence-electron chi connectivity index (χ1n) is 5.83. The second-order valence-corrected chi connectivity index (χ2v) is 6.25. The van der Waals surface area contributed by atoms with Gasteiger partial charge in [-0.2, -0.15) is 0 Å². The van der Waals surface area contributed by atoms with Crippen LogP contribution in [0, 0.1) is 5.41 Å². The van der Waals surface area contributed by atoms with Gasteiger partial charge in [-0.05, 0) is 24.0 Å². The molecule has 0 heterocycles. The van der Waals surface area contributed by atoms with E-state index in [4.69, 9.17) is 4.74 Å². The molecule has 0 radical (unpaired) electrons. The van der Waals surface area contributed by atoms with Gasteiger partial charge in [0.05, 0.1) is 6.61 Å². The highest BCUT2D eigenvalue weighted by Gasteiger charge is 2.08. The molecule has 0 aliphatic rings. The Morgan fingerprint density at radius 2 is 1.75 bits per heavy atom. The van der Waals surface area contributed by atoms with E-state index in [1.165, 1.54) is 4.90 Å². The first-order valence-corrected chi connectivity index (χ1v) is 6.82. The fraction of sp³-hybridized carbons (Fsp3) is 0.571. The van der Waals surface area contributed by atoms with Crippen LogP contribution in [0.1, 0.15) is 27.2 Å². The maximum absolute atomic E-state index is 5.61. The van der Waals surface area contributed by atoms with E-state index in [2.05, 4.69) is 45.0 Å². The summed E-state index contributed by atoms with van der Waals surface area (Å²) in [5.41, 5.74) is 0.382. The van der Waals surface area contributed by atoms with Crippen LogP contribution in [-0.2, 0) is 4.74 Å². The van der Waals surface area contributed by atoms with Crippen LogP contribution in [0.5, 0.6) is 0 Å². The topological polar surface area (TPSA) is 9.23 Å². The predicted molar refractivity (Wildman–Crippen MR) is 72.1 cm³/mol. The zero-order valence-corrected chi connectivity index (χ0v) is 11.3. The van der Waals surface area contributed by atoms with E-state index in [1.54, 1.807) is 0 Å². The molecule has 90 valence electrons. The molecule has 0 amide bonds. The predicted octanol–water partition coefficient (Wildman–Crippen LogP) is 4.23. The molecule has 0 bridgehead atoms. The summed E-state index contributed by atoms with van der Waals surface area (Å²) in [5, 5.41) is 0. The van der Waals surface area contributed by atoms with Gasteiger partial charge in [0.1, 0.15) is 0 Å². The number of ether oxygens (including phenoxy) is 1. The quantitative estimate of drug-likeness (QED) is 0.542. The van der Waals surface area contributed by atoms with Crippen LogP contribution in [0.2, 0.25) is 0 Å². The van der Waals surface area contributed by atoms with Crippen molar-refractivity contribution in [2.75, 3.05) is 19.0 Å². The molecule has 0 atom stereocenters. The van der Waals surface area contributed by atoms with Gasteiger partial charge in [0.25, 0.3) is 0 Å². The van der Waals surface area contributed by atoms with E-state index < -0.39 is 0 Å². The van der Waals surface area contributed by atoms with Gasteiger partial charge in [-0.15, -0.1) is 11.8 Å². The molecule has 1 aromatic rings. The molecular weight excluding hydrogens is 216 g/mol. The Morgan fingerprint density at radius 3 is 2.38 bits per heavy atom. The Balaban J connectivity index is 2.01. The summed E-state index contributed by atoms with van der Waals surface area (Å²) in [7, 11) is 0. The second-order valence-electron chi connectivity index (χ2n) is 5.08. The summed E-state index contributed by atoms with van der Waals surface area (Å²) in [6.45, 7) is 8.45. The van der Waals surface area contributed by atoms with E-state index in [9.17, 15) is 0 Å². The van der Waals surface area contributed by atoms with Gasteiger partial charge in [-0.1, -0.05) is 39.0 Å². The van der Waals surface area contributed by atoms with Gasteiger partial charge in [0.15, 0.2) is 0 Å². The second kappa shape index (κ2) is 6.97. The average molecular weight is 238 g/mol. The van der Waals surface area contributed by atoms with Crippen LogP contribution in [0.4, 0.5) is 0 Å². The van der Waals surface area contributed by atoms with Crippen LogP contribution in [-0.4, -0.2) is 19.0 Å². The zero-order valence-electron chi connectivity index (χ0n) is 10.5. The first-order chi connectivity index (χ1) is 7.58. The van der Waals surface area contributed by atoms with Gasteiger partial charge in [0.2, 0.25) is 0 Å². The Bertz CT molecular complexity index is 277. The van der Waals surface area contributed by atoms with Crippen molar-refractivity contribution in [3.8, 4) is 0 Å². The molecule has 0 saturated carbocycles. The number of benzene rings is 1. The van der Waals surface area contributed by atoms with Crippen LogP contribution in [0.3, 0.4) is 0 Å². The van der Waals surface area contributed by atoms with E-state index in [0.29, 0.717) is 5.41 Å². The summed E-state index contributed by atoms with van der Waals surface area (Å²) in [4.78, 5) is 1.32. The lowest BCUT2D eigenvalue weighted by Gasteiger charge is -2.17. The molecule has 1 aromatic carbocycles. The molecule has 0 aromatic heterocycles. The van der Waals surface area contributed by atoms with Crippen LogP contribution in [0.25, 0.3) is 0 Å². The molecule has 0 aliphatic carbocycles. The van der Waals surface area contributed by atoms with Crippen molar-refractivity contribution in [1.82, 2.24) is 0 Å². The Hall–Kier alpha value is -0.470. The van der Waals surface area contributed by atoms with Gasteiger partial charge in [-0.25, -0.2) is 0 Å². The minimum absolute atomic E-state index is 0.382. The molecule has 1 rings (SSSR count). The average Bonchev–Trinajstić information content (AvgIpc) is 2.23. The van der Waals surface area contributed by atoms with Crippen LogP contribution < -0.4 is 0 Å². The number of hydrogen-bond donors (Lipinski definition) is 0. The number of thioether (sulfide) groups is 1. The van der Waals surface area contributed by atoms with Crippen molar-refractivity contribution in [2.45, 2.75) is 32.1 Å². The van der Waals surface area contributed by atoms with Gasteiger partial charge < -0.3 is 4.74 Å². The van der Waals surface area contributed by atoms with E-state index in [-0.39, 0.29) is 0 Å². The van der Waals surface area contributed by atoms with Crippen molar-refractivity contribution < 1.29 is 4.74 Å². The van der Waals surface area contributed by atoms with Crippen molar-refractivity contribution in [3.05, 3.63) is 30.3 Å². The zero-order chi connectivity index (χ0) is 11.9. The third-order valence-corrected chi connectivity index (χ3v) is 3.21. The molecule has 0 N–H and O–H groups in total. The molecule has 0 aliphatic heterocycles. The summed E-state index contributed by atoms with van der Waals surface area (Å²) >= 11 is 1.85. The van der Waals surface area contributed by atoms with Crippen LogP contribution in [0.15, 0.2) is 35.2 Å². The largest absolute Gasteiger partial charge is 0.381 e. The summed E-state index contributed by atoms with van der Waals surface area (Å²) in [6.07, 6.45) is 1.13. The summed E-state index contributed by atoms with van der Waals surface area (Å²) in [5.74, 6) is 1.04. The van der Waals surface area contributed by atoms with Gasteiger partial charge >= 0.3 is 0 Å². The van der Waals surface area contributed by atoms with E-state index in [1.807, 2.05) is 17.8 Å². The number of hydrogen-bond acceptors (Lipinski definition) is 2. The minimum atomic E-state index is 0.382. The highest BCUT2D eigenvalue weighted by atomic mass is 32.2. The third-order valence-electron chi connectivity index (χ3n) is 2.24. The molecule has 0 fully saturated rings. The lowest BCUT2D eigenvalue weighted by Crippen LogP contribution is -2.10. The lowest BCUT2D eigenvalue weighted by molar-refractivity contribution is 0.121. The molecule has 1 nitrogen and oxygen atoms in total. The first kappa shape index (κ1) is 13.6. The molecule has 0 unspecified atom stereocenters. The van der Waals surface area contributed by atoms with Crippen LogP contribution >= 0.6 is 11.8 Å². The SMILES string of the molecule is CC(C)(C)CCOCCSc1ccccc1. The van der Waals surface area contributed by atoms with Crippen molar-refractivity contribution in [1.29, 1.82) is 0 Å². The van der Waals surface area contributed by atoms with E-state index >= 15 is 0 Å². The minimum Gasteiger partial charge on any atom is -0.381 e. The Morgan fingerprint density at radius 1 is 1.06 bits per heavy atom. The Labute approximate surface area is 104 Å². The fourth-order valence-corrected chi connectivity index (χ4v) is 2.00. The maximum Gasteiger partial charge on any atom is 0.0560 e. The van der Waals surface area contributed by atoms with Crippen molar-refractivity contribution >= 4 is 11.8 Å². The summed E-state index contributed by atoms with van der Waals surface area (Å²) in [6, 6.07) is 10.5. The monoisotopic (exact) mass is 238 g/mol. The highest BCUT2D eigenvalue weighted by Crippen LogP contribution is 2.19. The normalized spacial score (nSPS) is 11.7. The maximum atomic E-state index is 5.61. The highest BCUT2D eigenvalue weighted by molar-refractivity contribution is 7.99. The Kier molecular flexibility index (Phi) is 5.93. The molecule has 0 spiro atoms. The molecule has 16 heavy (non-hydrogen) atoms. The molecule has 2 heteroatoms. The third kappa shape index (κ3) is 6.91. The fourth-order valence-electron chi connectivity index (χ4n) is 1.22. The van der Waals surface area contributed by atoms with E-state index in [0.717, 1.165) is 25.4 Å². The smallest absolute Gasteiger partial charge is 0.0560 e.